The Morgan fingerprint density at radius 1 is 0.857 bits per heavy atom. The molecule has 0 radical (unpaired) electrons. The molecule has 178 valence electrons. The fourth-order valence-electron chi connectivity index (χ4n) is 5.36. The monoisotopic (exact) mass is 466 g/mol. The first-order valence-electron chi connectivity index (χ1n) is 12.6. The van der Waals surface area contributed by atoms with Crippen molar-refractivity contribution >= 4 is 28.4 Å². The van der Waals surface area contributed by atoms with Gasteiger partial charge < -0.3 is 14.8 Å². The molecule has 0 atom stereocenters. The molecule has 0 unspecified atom stereocenters. The maximum atomic E-state index is 13.6. The summed E-state index contributed by atoms with van der Waals surface area (Å²) in [4.78, 5) is 10.6. The minimum absolute atomic E-state index is 0.166. The summed E-state index contributed by atoms with van der Waals surface area (Å²) in [6.45, 7) is 6.25. The van der Waals surface area contributed by atoms with Crippen molar-refractivity contribution in [2.45, 2.75) is 19.4 Å². The Bertz CT molecular complexity index is 1330. The van der Waals surface area contributed by atoms with Crippen molar-refractivity contribution in [3.05, 3.63) is 102 Å². The Morgan fingerprint density at radius 3 is 2.51 bits per heavy atom. The first kappa shape index (κ1) is 21.9. The molecule has 0 saturated carbocycles. The zero-order valence-corrected chi connectivity index (χ0v) is 20.0. The predicted octanol–water partition coefficient (Wildman–Crippen LogP) is 6.05. The second kappa shape index (κ2) is 9.59. The molecule has 1 fully saturated rings. The summed E-state index contributed by atoms with van der Waals surface area (Å²) >= 11 is 0. The molecule has 4 nitrogen and oxygen atoms in total. The number of rotatable bonds is 6. The van der Waals surface area contributed by atoms with Gasteiger partial charge in [0.25, 0.3) is 0 Å². The van der Waals surface area contributed by atoms with E-state index in [1.165, 1.54) is 34.1 Å². The number of halogens is 1. The fourth-order valence-corrected chi connectivity index (χ4v) is 5.36. The highest BCUT2D eigenvalue weighted by atomic mass is 19.1. The second-order valence-corrected chi connectivity index (χ2v) is 9.59. The van der Waals surface area contributed by atoms with E-state index in [4.69, 9.17) is 0 Å². The van der Waals surface area contributed by atoms with Gasteiger partial charge in [0.15, 0.2) is 0 Å². The van der Waals surface area contributed by atoms with Crippen LogP contribution >= 0.6 is 0 Å². The summed E-state index contributed by atoms with van der Waals surface area (Å²) in [7, 11) is 0. The number of nitrogens with zero attached hydrogens (tertiary/aromatic N) is 3. The van der Waals surface area contributed by atoms with Crippen molar-refractivity contribution in [2.75, 3.05) is 42.5 Å². The second-order valence-electron chi connectivity index (χ2n) is 9.59. The Hall–Kier alpha value is -3.57. The summed E-state index contributed by atoms with van der Waals surface area (Å²) in [5.41, 5.74) is 7.44. The molecule has 35 heavy (non-hydrogen) atoms. The maximum absolute atomic E-state index is 13.6. The van der Waals surface area contributed by atoms with Gasteiger partial charge in [-0.15, -0.1) is 0 Å². The van der Waals surface area contributed by atoms with Crippen LogP contribution in [-0.2, 0) is 13.0 Å². The van der Waals surface area contributed by atoms with Crippen LogP contribution < -0.4 is 9.80 Å². The molecule has 5 heteroatoms. The van der Waals surface area contributed by atoms with Crippen LogP contribution in [-0.4, -0.2) is 42.6 Å². The molecule has 6 rings (SSSR count). The van der Waals surface area contributed by atoms with Gasteiger partial charge in [0, 0.05) is 67.4 Å². The highest BCUT2D eigenvalue weighted by Gasteiger charge is 2.18. The number of anilines is 2. The molecule has 0 amide bonds. The van der Waals surface area contributed by atoms with E-state index in [0.29, 0.717) is 0 Å². The lowest BCUT2D eigenvalue weighted by Crippen LogP contribution is -2.46. The van der Waals surface area contributed by atoms with Crippen LogP contribution in [0.4, 0.5) is 15.8 Å². The molecule has 3 heterocycles. The van der Waals surface area contributed by atoms with E-state index in [2.05, 4.69) is 80.5 Å². The summed E-state index contributed by atoms with van der Waals surface area (Å²) in [6.07, 6.45) is 8.47. The van der Waals surface area contributed by atoms with Crippen molar-refractivity contribution in [1.82, 2.24) is 9.88 Å². The first-order chi connectivity index (χ1) is 17.2. The quantitative estimate of drug-likeness (QED) is 0.374. The van der Waals surface area contributed by atoms with Crippen LogP contribution in [0.2, 0.25) is 0 Å². The van der Waals surface area contributed by atoms with E-state index in [9.17, 15) is 4.39 Å². The predicted molar refractivity (Wildman–Crippen MR) is 143 cm³/mol. The molecule has 3 aromatic carbocycles. The summed E-state index contributed by atoms with van der Waals surface area (Å²) in [5, 5.41) is 1.02. The van der Waals surface area contributed by atoms with E-state index < -0.39 is 0 Å². The van der Waals surface area contributed by atoms with Gasteiger partial charge in [-0.2, -0.15) is 0 Å². The standard InChI is InChI=1S/C30H31FN4/c31-26-7-12-30-29(20-26)24(21-32-30)6-3-14-33-16-18-34(19-17-33)27-8-10-28(11-9-27)35-15-13-23-4-1-2-5-25(23)22-35/h1-2,4-5,7-13,15,20-21,32H,3,6,14,16-19,22H2. The number of aryl methyl sites for hydroxylation is 1. The summed E-state index contributed by atoms with van der Waals surface area (Å²) < 4.78 is 13.6. The van der Waals surface area contributed by atoms with Gasteiger partial charge in [0.05, 0.1) is 0 Å². The van der Waals surface area contributed by atoms with Gasteiger partial charge in [-0.25, -0.2) is 4.39 Å². The molecular weight excluding hydrogens is 435 g/mol. The third kappa shape index (κ3) is 4.69. The van der Waals surface area contributed by atoms with Crippen LogP contribution in [0.25, 0.3) is 17.0 Å². The average Bonchev–Trinajstić information content (AvgIpc) is 3.31. The summed E-state index contributed by atoms with van der Waals surface area (Å²) in [5.74, 6) is -0.166. The van der Waals surface area contributed by atoms with Crippen LogP contribution in [0.3, 0.4) is 0 Å². The lowest BCUT2D eigenvalue weighted by atomic mass is 10.0. The van der Waals surface area contributed by atoms with E-state index >= 15 is 0 Å². The molecular formula is C30H31FN4. The van der Waals surface area contributed by atoms with Crippen LogP contribution in [0, 0.1) is 5.82 Å². The van der Waals surface area contributed by atoms with Crippen LogP contribution in [0.1, 0.15) is 23.1 Å². The largest absolute Gasteiger partial charge is 0.369 e. The SMILES string of the molecule is Fc1ccc2[nH]cc(CCCN3CCN(c4ccc(N5C=Cc6ccccc6C5)cc4)CC3)c2c1. The number of piperazine rings is 1. The number of aromatic amines is 1. The van der Waals surface area contributed by atoms with E-state index in [-0.39, 0.29) is 5.82 Å². The molecule has 1 saturated heterocycles. The van der Waals surface area contributed by atoms with E-state index in [0.717, 1.165) is 63.0 Å². The molecule has 0 aliphatic carbocycles. The smallest absolute Gasteiger partial charge is 0.123 e. The Kier molecular flexibility index (Phi) is 6.01. The van der Waals surface area contributed by atoms with Gasteiger partial charge in [-0.05, 0) is 84.6 Å². The van der Waals surface area contributed by atoms with E-state index in [1.54, 1.807) is 6.07 Å². The molecule has 2 aliphatic heterocycles. The number of fused-ring (bicyclic) bond motifs is 2. The van der Waals surface area contributed by atoms with Gasteiger partial charge in [0.2, 0.25) is 0 Å². The number of hydrogen-bond acceptors (Lipinski definition) is 3. The number of H-pyrrole nitrogens is 1. The minimum Gasteiger partial charge on any atom is -0.369 e. The molecule has 1 aromatic heterocycles. The molecule has 2 aliphatic rings. The Labute approximate surface area is 206 Å². The van der Waals surface area contributed by atoms with Crippen LogP contribution in [0.15, 0.2) is 79.1 Å². The third-order valence-electron chi connectivity index (χ3n) is 7.40. The Morgan fingerprint density at radius 2 is 1.66 bits per heavy atom. The van der Waals surface area contributed by atoms with Gasteiger partial charge >= 0.3 is 0 Å². The highest BCUT2D eigenvalue weighted by molar-refractivity contribution is 5.83. The molecule has 1 N–H and O–H groups in total. The van der Waals surface area contributed by atoms with Gasteiger partial charge in [-0.1, -0.05) is 24.3 Å². The Balaban J connectivity index is 0.997. The van der Waals surface area contributed by atoms with Gasteiger partial charge in [-0.3, -0.25) is 4.90 Å². The zero-order valence-electron chi connectivity index (χ0n) is 20.0. The fraction of sp³-hybridized carbons (Fsp3) is 0.267. The normalized spacial score (nSPS) is 16.1. The topological polar surface area (TPSA) is 25.5 Å². The van der Waals surface area contributed by atoms with Crippen molar-refractivity contribution in [2.24, 2.45) is 0 Å². The maximum Gasteiger partial charge on any atom is 0.123 e. The third-order valence-corrected chi connectivity index (χ3v) is 7.40. The minimum atomic E-state index is -0.166. The molecule has 0 spiro atoms. The number of benzene rings is 3. The summed E-state index contributed by atoms with van der Waals surface area (Å²) in [6, 6.07) is 22.6. The van der Waals surface area contributed by atoms with Crippen molar-refractivity contribution in [3.63, 3.8) is 0 Å². The molecule has 4 aromatic rings. The van der Waals surface area contributed by atoms with Crippen LogP contribution in [0.5, 0.6) is 0 Å². The number of hydrogen-bond donors (Lipinski definition) is 1. The van der Waals surface area contributed by atoms with Crippen molar-refractivity contribution < 1.29 is 4.39 Å². The average molecular weight is 467 g/mol. The van der Waals surface area contributed by atoms with E-state index in [1.807, 2.05) is 12.3 Å². The van der Waals surface area contributed by atoms with Gasteiger partial charge in [0.1, 0.15) is 5.82 Å². The first-order valence-corrected chi connectivity index (χ1v) is 12.6. The highest BCUT2D eigenvalue weighted by Crippen LogP contribution is 2.27. The zero-order chi connectivity index (χ0) is 23.6. The lowest BCUT2D eigenvalue weighted by Gasteiger charge is -2.36. The van der Waals surface area contributed by atoms with Crippen molar-refractivity contribution in [1.29, 1.82) is 0 Å². The van der Waals surface area contributed by atoms with Crippen molar-refractivity contribution in [3.8, 4) is 0 Å². The molecule has 0 bridgehead atoms. The lowest BCUT2D eigenvalue weighted by molar-refractivity contribution is 0.255. The number of aromatic nitrogens is 1. The number of nitrogens with one attached hydrogen (secondary N) is 1.